The minimum Gasteiger partial charge on any atom is -0.455 e. The zero-order chi connectivity index (χ0) is 47.5. The van der Waals surface area contributed by atoms with Gasteiger partial charge in [0, 0.05) is 33.4 Å². The van der Waals surface area contributed by atoms with E-state index in [1.165, 1.54) is 82.0 Å². The Morgan fingerprint density at radius 2 is 0.750 bits per heavy atom. The number of para-hydroxylation sites is 2. The van der Waals surface area contributed by atoms with Crippen LogP contribution in [0.15, 0.2) is 277 Å². The van der Waals surface area contributed by atoms with Gasteiger partial charge in [-0.15, -0.1) is 0 Å². The largest absolute Gasteiger partial charge is 0.455 e. The SMILES string of the molecule is c1ccc(-c2c(-c3ccccc3)c3cc(-c4ccc(N(c5ccc(-c6cccc7c6ccc6ccccc67)cc5)c5cccc(-c6cccc7c6oc6ccccc67)c5)cc4)ccc3c3ccccc23)cc1. The molecule has 0 aliphatic rings. The van der Waals surface area contributed by atoms with Crippen LogP contribution >= 0.6 is 0 Å². The molecule has 0 saturated heterocycles. The molecule has 0 fully saturated rings. The lowest BCUT2D eigenvalue weighted by Gasteiger charge is -2.26. The second-order valence-electron chi connectivity index (χ2n) is 18.7. The smallest absolute Gasteiger partial charge is 0.143 e. The molecular weight excluding hydrogens is 871 g/mol. The third-order valence-electron chi connectivity index (χ3n) is 14.7. The summed E-state index contributed by atoms with van der Waals surface area (Å²) in [5.74, 6) is 0. The second-order valence-corrected chi connectivity index (χ2v) is 18.7. The van der Waals surface area contributed by atoms with Gasteiger partial charge in [0.15, 0.2) is 0 Å². The Morgan fingerprint density at radius 3 is 1.50 bits per heavy atom. The molecule has 2 nitrogen and oxygen atoms in total. The van der Waals surface area contributed by atoms with Crippen LogP contribution in [-0.2, 0) is 0 Å². The lowest BCUT2D eigenvalue weighted by atomic mass is 9.84. The van der Waals surface area contributed by atoms with Gasteiger partial charge >= 0.3 is 0 Å². The fraction of sp³-hybridized carbons (Fsp3) is 0. The molecule has 0 atom stereocenters. The third-order valence-corrected chi connectivity index (χ3v) is 14.7. The number of benzene rings is 13. The first-order valence-corrected chi connectivity index (χ1v) is 24.7. The van der Waals surface area contributed by atoms with Crippen LogP contribution in [0.5, 0.6) is 0 Å². The summed E-state index contributed by atoms with van der Waals surface area (Å²) < 4.78 is 6.57. The summed E-state index contributed by atoms with van der Waals surface area (Å²) in [6.07, 6.45) is 0. The number of furan rings is 1. The fourth-order valence-corrected chi connectivity index (χ4v) is 11.3. The molecule has 336 valence electrons. The van der Waals surface area contributed by atoms with E-state index in [-0.39, 0.29) is 0 Å². The van der Waals surface area contributed by atoms with Gasteiger partial charge < -0.3 is 9.32 Å². The third kappa shape index (κ3) is 6.95. The van der Waals surface area contributed by atoms with Crippen LogP contribution in [0.25, 0.3) is 121 Å². The second kappa shape index (κ2) is 17.2. The van der Waals surface area contributed by atoms with Crippen molar-refractivity contribution in [3.05, 3.63) is 273 Å². The normalized spacial score (nSPS) is 11.6. The number of hydrogen-bond acceptors (Lipinski definition) is 2. The van der Waals surface area contributed by atoms with Crippen LogP contribution in [0.2, 0.25) is 0 Å². The predicted octanol–water partition coefficient (Wildman–Crippen LogP) is 20.0. The van der Waals surface area contributed by atoms with E-state index in [9.17, 15) is 0 Å². The zero-order valence-electron chi connectivity index (χ0n) is 39.3. The van der Waals surface area contributed by atoms with Gasteiger partial charge in [0.2, 0.25) is 0 Å². The van der Waals surface area contributed by atoms with Crippen LogP contribution < -0.4 is 4.90 Å². The molecule has 2 heteroatoms. The maximum atomic E-state index is 6.57. The monoisotopic (exact) mass is 915 g/mol. The quantitative estimate of drug-likeness (QED) is 0.141. The Bertz CT molecular complexity index is 4360. The molecule has 0 amide bonds. The first-order chi connectivity index (χ1) is 35.7. The van der Waals surface area contributed by atoms with E-state index < -0.39 is 0 Å². The highest BCUT2D eigenvalue weighted by atomic mass is 16.3. The molecule has 0 saturated carbocycles. The molecule has 72 heavy (non-hydrogen) atoms. The molecule has 0 N–H and O–H groups in total. The summed E-state index contributed by atoms with van der Waals surface area (Å²) in [6, 6.07) is 99.2. The predicted molar refractivity (Wildman–Crippen MR) is 306 cm³/mol. The topological polar surface area (TPSA) is 16.4 Å². The number of hydrogen-bond donors (Lipinski definition) is 0. The van der Waals surface area contributed by atoms with Gasteiger partial charge in [-0.2, -0.15) is 0 Å². The van der Waals surface area contributed by atoms with Crippen molar-refractivity contribution in [2.24, 2.45) is 0 Å². The number of nitrogens with zero attached hydrogens (tertiary/aromatic N) is 1. The van der Waals surface area contributed by atoms with Gasteiger partial charge in [-0.25, -0.2) is 0 Å². The van der Waals surface area contributed by atoms with Crippen LogP contribution in [0.1, 0.15) is 0 Å². The molecule has 0 bridgehead atoms. The van der Waals surface area contributed by atoms with Gasteiger partial charge in [0.25, 0.3) is 0 Å². The lowest BCUT2D eigenvalue weighted by molar-refractivity contribution is 0.670. The van der Waals surface area contributed by atoms with Crippen LogP contribution in [0, 0.1) is 0 Å². The summed E-state index contributed by atoms with van der Waals surface area (Å²) in [4.78, 5) is 2.37. The Morgan fingerprint density at radius 1 is 0.236 bits per heavy atom. The van der Waals surface area contributed by atoms with Crippen molar-refractivity contribution in [1.82, 2.24) is 0 Å². The minimum absolute atomic E-state index is 0.894. The number of fused-ring (bicyclic) bond motifs is 9. The van der Waals surface area contributed by atoms with E-state index in [4.69, 9.17) is 4.42 Å². The van der Waals surface area contributed by atoms with Crippen molar-refractivity contribution in [3.63, 3.8) is 0 Å². The Hall–Kier alpha value is -9.50. The zero-order valence-corrected chi connectivity index (χ0v) is 39.3. The van der Waals surface area contributed by atoms with Crippen LogP contribution in [0.3, 0.4) is 0 Å². The molecule has 0 radical (unpaired) electrons. The van der Waals surface area contributed by atoms with Crippen LogP contribution in [-0.4, -0.2) is 0 Å². The first kappa shape index (κ1) is 41.5. The van der Waals surface area contributed by atoms with Gasteiger partial charge in [-0.1, -0.05) is 224 Å². The van der Waals surface area contributed by atoms with Crippen molar-refractivity contribution in [3.8, 4) is 55.6 Å². The Balaban J connectivity index is 0.907. The summed E-state index contributed by atoms with van der Waals surface area (Å²) in [7, 11) is 0. The maximum Gasteiger partial charge on any atom is 0.143 e. The average Bonchev–Trinajstić information content (AvgIpc) is 3.84. The van der Waals surface area contributed by atoms with Crippen molar-refractivity contribution >= 4 is 82.1 Å². The Kier molecular flexibility index (Phi) is 9.89. The van der Waals surface area contributed by atoms with Crippen molar-refractivity contribution in [2.45, 2.75) is 0 Å². The van der Waals surface area contributed by atoms with E-state index in [0.717, 1.165) is 55.7 Å². The molecule has 0 aliphatic heterocycles. The molecule has 0 aliphatic carbocycles. The van der Waals surface area contributed by atoms with Crippen molar-refractivity contribution in [2.75, 3.05) is 4.90 Å². The number of rotatable bonds is 8. The summed E-state index contributed by atoms with van der Waals surface area (Å²) in [6.45, 7) is 0. The fourth-order valence-electron chi connectivity index (χ4n) is 11.3. The molecule has 0 unspecified atom stereocenters. The maximum absolute atomic E-state index is 6.57. The average molecular weight is 916 g/mol. The summed E-state index contributed by atoms with van der Waals surface area (Å²) in [5, 5.41) is 12.3. The molecule has 14 aromatic rings. The van der Waals surface area contributed by atoms with E-state index in [0.29, 0.717) is 0 Å². The molecule has 0 spiro atoms. The highest BCUT2D eigenvalue weighted by Crippen LogP contribution is 2.47. The standard InChI is InChI=1S/C70H45NO/c1-3-17-49(18-4-1)68-64-26-10-9-24-60(64)62-43-37-51(45-66(62)69(68)50-19-5-2-6-20-50)46-32-38-53(39-33-46)71(55-22-13-21-52(44-55)58-28-15-30-65-63-25-11-12-31-67(63)72-70(58)65)54-40-34-48(35-41-54)57-27-14-29-59-56-23-8-7-16-47(56)36-42-61(57)59/h1-45H. The van der Waals surface area contributed by atoms with Crippen molar-refractivity contribution < 1.29 is 4.42 Å². The lowest BCUT2D eigenvalue weighted by Crippen LogP contribution is -2.10. The van der Waals surface area contributed by atoms with E-state index in [1.54, 1.807) is 0 Å². The van der Waals surface area contributed by atoms with E-state index >= 15 is 0 Å². The van der Waals surface area contributed by atoms with Gasteiger partial charge in [-0.3, -0.25) is 0 Å². The van der Waals surface area contributed by atoms with Crippen molar-refractivity contribution in [1.29, 1.82) is 0 Å². The molecule has 1 heterocycles. The minimum atomic E-state index is 0.894. The molecule has 1 aromatic heterocycles. The van der Waals surface area contributed by atoms with Gasteiger partial charge in [0.05, 0.1) is 0 Å². The van der Waals surface area contributed by atoms with E-state index in [2.05, 4.69) is 272 Å². The summed E-state index contributed by atoms with van der Waals surface area (Å²) in [5.41, 5.74) is 16.8. The first-order valence-electron chi connectivity index (χ1n) is 24.7. The molecule has 13 aromatic carbocycles. The van der Waals surface area contributed by atoms with Crippen LogP contribution in [0.4, 0.5) is 17.1 Å². The van der Waals surface area contributed by atoms with E-state index in [1.807, 2.05) is 6.07 Å². The highest BCUT2D eigenvalue weighted by molar-refractivity contribution is 6.22. The molecule has 14 rings (SSSR count). The molecular formula is C70H45NO. The Labute approximate surface area is 417 Å². The van der Waals surface area contributed by atoms with Gasteiger partial charge in [0.1, 0.15) is 11.2 Å². The summed E-state index contributed by atoms with van der Waals surface area (Å²) >= 11 is 0. The number of anilines is 3. The highest BCUT2D eigenvalue weighted by Gasteiger charge is 2.20. The van der Waals surface area contributed by atoms with Gasteiger partial charge in [-0.05, 0) is 142 Å².